The van der Waals surface area contributed by atoms with E-state index in [4.69, 9.17) is 11.6 Å². The van der Waals surface area contributed by atoms with Gasteiger partial charge >= 0.3 is 0 Å². The van der Waals surface area contributed by atoms with Crippen LogP contribution in [0.3, 0.4) is 0 Å². The third-order valence-electron chi connectivity index (χ3n) is 2.56. The van der Waals surface area contributed by atoms with Crippen LogP contribution < -0.4 is 5.32 Å². The van der Waals surface area contributed by atoms with E-state index < -0.39 is 11.7 Å². The van der Waals surface area contributed by atoms with Crippen LogP contribution in [-0.2, 0) is 0 Å². The summed E-state index contributed by atoms with van der Waals surface area (Å²) in [5.74, 6) is -0.873. The van der Waals surface area contributed by atoms with Gasteiger partial charge in [0.25, 0.3) is 5.91 Å². The molecular formula is C13H13ClFN3O. The average Bonchev–Trinajstić information content (AvgIpc) is 2.77. The van der Waals surface area contributed by atoms with E-state index in [9.17, 15) is 9.18 Å². The molecule has 1 amide bonds. The molecule has 0 radical (unpaired) electrons. The smallest absolute Gasteiger partial charge is 0.257 e. The topological polar surface area (TPSA) is 46.9 Å². The van der Waals surface area contributed by atoms with Gasteiger partial charge in [-0.05, 0) is 32.0 Å². The molecule has 0 spiro atoms. The van der Waals surface area contributed by atoms with Crippen LogP contribution in [0.15, 0.2) is 30.6 Å². The summed E-state index contributed by atoms with van der Waals surface area (Å²) in [4.78, 5) is 12.0. The predicted molar refractivity (Wildman–Crippen MR) is 72.0 cm³/mol. The van der Waals surface area contributed by atoms with Crippen molar-refractivity contribution in [2.75, 3.05) is 5.32 Å². The van der Waals surface area contributed by atoms with Gasteiger partial charge in [0.15, 0.2) is 0 Å². The third kappa shape index (κ3) is 3.12. The van der Waals surface area contributed by atoms with Gasteiger partial charge in [0, 0.05) is 12.2 Å². The quantitative estimate of drug-likeness (QED) is 0.936. The highest BCUT2D eigenvalue weighted by Crippen LogP contribution is 2.19. The number of halogens is 2. The van der Waals surface area contributed by atoms with Gasteiger partial charge in [0.05, 0.1) is 22.5 Å². The first kappa shape index (κ1) is 13.5. The number of carbonyl (C=O) groups is 1. The molecule has 1 aromatic carbocycles. The maximum atomic E-state index is 12.9. The maximum Gasteiger partial charge on any atom is 0.257 e. The first-order valence-electron chi connectivity index (χ1n) is 5.78. The van der Waals surface area contributed by atoms with E-state index in [0.717, 1.165) is 6.07 Å². The largest absolute Gasteiger partial charge is 0.319 e. The van der Waals surface area contributed by atoms with E-state index in [0.29, 0.717) is 5.69 Å². The monoisotopic (exact) mass is 281 g/mol. The van der Waals surface area contributed by atoms with Gasteiger partial charge in [-0.1, -0.05) is 11.6 Å². The number of nitrogens with zero attached hydrogens (tertiary/aromatic N) is 2. The lowest BCUT2D eigenvalue weighted by atomic mass is 10.2. The van der Waals surface area contributed by atoms with Crippen molar-refractivity contribution >= 4 is 23.2 Å². The van der Waals surface area contributed by atoms with Gasteiger partial charge in [0.1, 0.15) is 5.82 Å². The number of benzene rings is 1. The van der Waals surface area contributed by atoms with E-state index in [1.54, 1.807) is 17.1 Å². The molecule has 19 heavy (non-hydrogen) atoms. The fourth-order valence-electron chi connectivity index (χ4n) is 1.56. The van der Waals surface area contributed by atoms with Gasteiger partial charge in [-0.25, -0.2) is 4.39 Å². The molecule has 6 heteroatoms. The molecular weight excluding hydrogens is 269 g/mol. The predicted octanol–water partition coefficient (Wildman–Crippen LogP) is 3.51. The van der Waals surface area contributed by atoms with Crippen LogP contribution in [0.4, 0.5) is 10.1 Å². The maximum absolute atomic E-state index is 12.9. The summed E-state index contributed by atoms with van der Waals surface area (Å²) in [7, 11) is 0. The lowest BCUT2D eigenvalue weighted by Crippen LogP contribution is -2.12. The summed E-state index contributed by atoms with van der Waals surface area (Å²) in [5.41, 5.74) is 0.791. The Morgan fingerprint density at radius 2 is 2.21 bits per heavy atom. The van der Waals surface area contributed by atoms with E-state index in [-0.39, 0.29) is 16.6 Å². The van der Waals surface area contributed by atoms with Crippen LogP contribution in [0.1, 0.15) is 30.2 Å². The lowest BCUT2D eigenvalue weighted by Gasteiger charge is -2.05. The minimum atomic E-state index is -0.478. The number of aromatic nitrogens is 2. The third-order valence-corrected chi connectivity index (χ3v) is 2.88. The van der Waals surface area contributed by atoms with Crippen LogP contribution >= 0.6 is 11.6 Å². The summed E-state index contributed by atoms with van der Waals surface area (Å²) < 4.78 is 14.6. The number of carbonyl (C=O) groups excluding carboxylic acids is 1. The molecule has 100 valence electrons. The normalized spacial score (nSPS) is 10.8. The van der Waals surface area contributed by atoms with Crippen molar-refractivity contribution in [3.63, 3.8) is 0 Å². The van der Waals surface area contributed by atoms with Gasteiger partial charge in [-0.2, -0.15) is 5.10 Å². The summed E-state index contributed by atoms with van der Waals surface area (Å²) in [6.07, 6.45) is 3.27. The second kappa shape index (κ2) is 5.40. The molecule has 0 aliphatic rings. The van der Waals surface area contributed by atoms with Crippen molar-refractivity contribution in [1.29, 1.82) is 0 Å². The van der Waals surface area contributed by atoms with Crippen LogP contribution in [0.2, 0.25) is 5.02 Å². The molecule has 2 aromatic rings. The zero-order chi connectivity index (χ0) is 14.0. The second-order valence-electron chi connectivity index (χ2n) is 4.38. The van der Waals surface area contributed by atoms with E-state index in [2.05, 4.69) is 10.4 Å². The molecule has 2 rings (SSSR count). The first-order chi connectivity index (χ1) is 8.97. The van der Waals surface area contributed by atoms with Crippen molar-refractivity contribution in [1.82, 2.24) is 9.78 Å². The van der Waals surface area contributed by atoms with Crippen molar-refractivity contribution in [2.45, 2.75) is 19.9 Å². The number of anilines is 1. The van der Waals surface area contributed by atoms with Gasteiger partial charge in [-0.15, -0.1) is 0 Å². The Hall–Kier alpha value is -1.88. The molecule has 0 aliphatic heterocycles. The van der Waals surface area contributed by atoms with Gasteiger partial charge in [0.2, 0.25) is 0 Å². The zero-order valence-corrected chi connectivity index (χ0v) is 11.3. The number of hydrogen-bond acceptors (Lipinski definition) is 2. The highest BCUT2D eigenvalue weighted by atomic mass is 35.5. The molecule has 4 nitrogen and oxygen atoms in total. The molecule has 0 unspecified atom stereocenters. The van der Waals surface area contributed by atoms with Crippen molar-refractivity contribution in [2.24, 2.45) is 0 Å². The Bertz CT molecular complexity index is 610. The van der Waals surface area contributed by atoms with Crippen LogP contribution in [-0.4, -0.2) is 15.7 Å². The minimum absolute atomic E-state index is 0.0775. The molecule has 1 aromatic heterocycles. The summed E-state index contributed by atoms with van der Waals surface area (Å²) in [5, 5.41) is 6.85. The lowest BCUT2D eigenvalue weighted by molar-refractivity contribution is 0.102. The zero-order valence-electron chi connectivity index (χ0n) is 10.5. The van der Waals surface area contributed by atoms with E-state index >= 15 is 0 Å². The SMILES string of the molecule is CC(C)n1cc(NC(=O)c2ccc(F)cc2Cl)cn1. The molecule has 0 aliphatic carbocycles. The standard InChI is InChI=1S/C13H13ClFN3O/c1-8(2)18-7-10(6-16-18)17-13(19)11-4-3-9(15)5-12(11)14/h3-8H,1-2H3,(H,17,19). The Morgan fingerprint density at radius 3 is 2.79 bits per heavy atom. The Labute approximate surface area is 115 Å². The second-order valence-corrected chi connectivity index (χ2v) is 4.79. The molecule has 1 heterocycles. The molecule has 0 saturated carbocycles. The summed E-state index contributed by atoms with van der Waals surface area (Å²) in [6, 6.07) is 3.85. The van der Waals surface area contributed by atoms with Crippen molar-refractivity contribution < 1.29 is 9.18 Å². The van der Waals surface area contributed by atoms with Crippen LogP contribution in [0.5, 0.6) is 0 Å². The fourth-order valence-corrected chi connectivity index (χ4v) is 1.81. The van der Waals surface area contributed by atoms with E-state index in [1.165, 1.54) is 12.1 Å². The van der Waals surface area contributed by atoms with Crippen LogP contribution in [0.25, 0.3) is 0 Å². The number of nitrogens with one attached hydrogen (secondary N) is 1. The minimum Gasteiger partial charge on any atom is -0.319 e. The van der Waals surface area contributed by atoms with Gasteiger partial charge < -0.3 is 5.32 Å². The molecule has 1 N–H and O–H groups in total. The van der Waals surface area contributed by atoms with Crippen molar-refractivity contribution in [3.8, 4) is 0 Å². The Balaban J connectivity index is 2.16. The Morgan fingerprint density at radius 1 is 1.47 bits per heavy atom. The first-order valence-corrected chi connectivity index (χ1v) is 6.15. The molecule has 0 atom stereocenters. The van der Waals surface area contributed by atoms with Crippen molar-refractivity contribution in [3.05, 3.63) is 47.0 Å². The highest BCUT2D eigenvalue weighted by Gasteiger charge is 2.12. The molecule has 0 saturated heterocycles. The number of hydrogen-bond donors (Lipinski definition) is 1. The number of amides is 1. The molecule has 0 fully saturated rings. The summed E-state index contributed by atoms with van der Waals surface area (Å²) in [6.45, 7) is 3.96. The number of rotatable bonds is 3. The Kier molecular flexibility index (Phi) is 3.85. The highest BCUT2D eigenvalue weighted by molar-refractivity contribution is 6.34. The van der Waals surface area contributed by atoms with Gasteiger partial charge in [-0.3, -0.25) is 9.48 Å². The molecule has 0 bridgehead atoms. The summed E-state index contributed by atoms with van der Waals surface area (Å²) >= 11 is 5.82. The average molecular weight is 282 g/mol. The van der Waals surface area contributed by atoms with Crippen LogP contribution in [0, 0.1) is 5.82 Å². The fraction of sp³-hybridized carbons (Fsp3) is 0.231. The van der Waals surface area contributed by atoms with E-state index in [1.807, 2.05) is 13.8 Å².